The number of hydrogen-bond donors (Lipinski definition) is 1. The van der Waals surface area contributed by atoms with Gasteiger partial charge < -0.3 is 10.2 Å². The van der Waals surface area contributed by atoms with Crippen molar-refractivity contribution in [3.63, 3.8) is 0 Å². The molecule has 1 aromatic heterocycles. The summed E-state index contributed by atoms with van der Waals surface area (Å²) in [5, 5.41) is 3.34. The SMILES string of the molecule is O=CN1CCC[C@@H]1c1cccnc1Nc1ccccc1. The molecular formula is C16H17N3O. The van der Waals surface area contributed by atoms with Gasteiger partial charge in [0.15, 0.2) is 0 Å². The number of rotatable bonds is 4. The van der Waals surface area contributed by atoms with Gasteiger partial charge in [0, 0.05) is 24.0 Å². The summed E-state index contributed by atoms with van der Waals surface area (Å²) in [6, 6.07) is 14.1. The van der Waals surface area contributed by atoms with Gasteiger partial charge in [-0.25, -0.2) is 4.98 Å². The highest BCUT2D eigenvalue weighted by Gasteiger charge is 2.26. The first-order chi connectivity index (χ1) is 9.88. The topological polar surface area (TPSA) is 45.2 Å². The molecule has 3 rings (SSSR count). The van der Waals surface area contributed by atoms with Crippen molar-refractivity contribution < 1.29 is 4.79 Å². The third kappa shape index (κ3) is 2.50. The van der Waals surface area contributed by atoms with Crippen LogP contribution in [-0.2, 0) is 4.79 Å². The van der Waals surface area contributed by atoms with Crippen molar-refractivity contribution >= 4 is 17.9 Å². The molecule has 1 aliphatic heterocycles. The van der Waals surface area contributed by atoms with Gasteiger partial charge in [-0.1, -0.05) is 24.3 Å². The predicted molar refractivity (Wildman–Crippen MR) is 78.7 cm³/mol. The van der Waals surface area contributed by atoms with Gasteiger partial charge in [-0.2, -0.15) is 0 Å². The first-order valence-electron chi connectivity index (χ1n) is 6.86. The lowest BCUT2D eigenvalue weighted by molar-refractivity contribution is -0.118. The van der Waals surface area contributed by atoms with Gasteiger partial charge in [-0.05, 0) is 31.0 Å². The first kappa shape index (κ1) is 12.7. The van der Waals surface area contributed by atoms with Crippen LogP contribution in [0.2, 0.25) is 0 Å². The molecule has 1 N–H and O–H groups in total. The molecule has 1 aromatic carbocycles. The van der Waals surface area contributed by atoms with Crippen molar-refractivity contribution in [3.05, 3.63) is 54.2 Å². The highest BCUT2D eigenvalue weighted by atomic mass is 16.1. The number of aromatic nitrogens is 1. The van der Waals surface area contributed by atoms with Gasteiger partial charge in [0.25, 0.3) is 0 Å². The first-order valence-corrected chi connectivity index (χ1v) is 6.86. The zero-order valence-corrected chi connectivity index (χ0v) is 11.2. The summed E-state index contributed by atoms with van der Waals surface area (Å²) in [5.41, 5.74) is 2.09. The summed E-state index contributed by atoms with van der Waals surface area (Å²) in [5.74, 6) is 0.831. The molecule has 1 aliphatic rings. The summed E-state index contributed by atoms with van der Waals surface area (Å²) in [6.07, 6.45) is 4.75. The number of carbonyl (C=O) groups excluding carboxylic acids is 1. The number of para-hydroxylation sites is 1. The van der Waals surface area contributed by atoms with Crippen molar-refractivity contribution in [3.8, 4) is 0 Å². The molecule has 0 spiro atoms. The van der Waals surface area contributed by atoms with Gasteiger partial charge in [0.05, 0.1) is 6.04 Å². The maximum Gasteiger partial charge on any atom is 0.210 e. The highest BCUT2D eigenvalue weighted by Crippen LogP contribution is 2.34. The summed E-state index contributed by atoms with van der Waals surface area (Å²) in [6.45, 7) is 0.827. The molecule has 2 heterocycles. The maximum absolute atomic E-state index is 11.1. The normalized spacial score (nSPS) is 18.0. The molecule has 0 unspecified atom stereocenters. The van der Waals surface area contributed by atoms with E-state index in [0.29, 0.717) is 0 Å². The van der Waals surface area contributed by atoms with Crippen LogP contribution in [0.3, 0.4) is 0 Å². The van der Waals surface area contributed by atoms with Crippen molar-refractivity contribution in [2.24, 2.45) is 0 Å². The van der Waals surface area contributed by atoms with Gasteiger partial charge in [0.2, 0.25) is 6.41 Å². The molecule has 4 heteroatoms. The second kappa shape index (κ2) is 5.74. The Morgan fingerprint density at radius 1 is 1.20 bits per heavy atom. The molecule has 2 aromatic rings. The number of benzene rings is 1. The summed E-state index contributed by atoms with van der Waals surface area (Å²) < 4.78 is 0. The molecule has 0 aliphatic carbocycles. The minimum atomic E-state index is 0.132. The number of carbonyl (C=O) groups is 1. The number of anilines is 2. The number of pyridine rings is 1. The van der Waals surface area contributed by atoms with Crippen LogP contribution in [0.15, 0.2) is 48.7 Å². The number of likely N-dealkylation sites (tertiary alicyclic amines) is 1. The van der Waals surface area contributed by atoms with Crippen molar-refractivity contribution in [2.75, 3.05) is 11.9 Å². The Hall–Kier alpha value is -2.36. The summed E-state index contributed by atoms with van der Waals surface area (Å²) in [4.78, 5) is 17.4. The molecule has 1 amide bonds. The Kier molecular flexibility index (Phi) is 3.63. The Balaban J connectivity index is 1.90. The molecule has 4 nitrogen and oxygen atoms in total. The summed E-state index contributed by atoms with van der Waals surface area (Å²) >= 11 is 0. The van der Waals surface area contributed by atoms with Crippen LogP contribution in [0.1, 0.15) is 24.4 Å². The van der Waals surface area contributed by atoms with Crippen LogP contribution in [-0.4, -0.2) is 22.8 Å². The van der Waals surface area contributed by atoms with Gasteiger partial charge in [-0.3, -0.25) is 4.79 Å². The van der Waals surface area contributed by atoms with Crippen molar-refractivity contribution in [1.29, 1.82) is 0 Å². The van der Waals surface area contributed by atoms with Crippen LogP contribution in [0, 0.1) is 0 Å². The molecule has 0 bridgehead atoms. The molecule has 0 saturated carbocycles. The smallest absolute Gasteiger partial charge is 0.210 e. The van der Waals surface area contributed by atoms with E-state index in [9.17, 15) is 4.79 Å². The standard InChI is InChI=1S/C16H17N3O/c20-12-19-11-5-9-15(19)14-8-4-10-17-16(14)18-13-6-2-1-3-7-13/h1-4,6-8,10,12,15H,5,9,11H2,(H,17,18)/t15-/m1/s1. The van der Waals surface area contributed by atoms with Gasteiger partial charge in [-0.15, -0.1) is 0 Å². The van der Waals surface area contributed by atoms with E-state index >= 15 is 0 Å². The van der Waals surface area contributed by atoms with Crippen LogP contribution < -0.4 is 5.32 Å². The monoisotopic (exact) mass is 267 g/mol. The Labute approximate surface area is 118 Å². The molecule has 1 atom stereocenters. The Morgan fingerprint density at radius 2 is 2.05 bits per heavy atom. The predicted octanol–water partition coefficient (Wildman–Crippen LogP) is 3.12. The van der Waals surface area contributed by atoms with E-state index in [-0.39, 0.29) is 6.04 Å². The maximum atomic E-state index is 11.1. The molecule has 1 saturated heterocycles. The van der Waals surface area contributed by atoms with Gasteiger partial charge in [0.1, 0.15) is 5.82 Å². The fraction of sp³-hybridized carbons (Fsp3) is 0.250. The van der Waals surface area contributed by atoms with E-state index in [2.05, 4.69) is 10.3 Å². The molecule has 0 radical (unpaired) electrons. The van der Waals surface area contributed by atoms with E-state index in [1.165, 1.54) is 0 Å². The van der Waals surface area contributed by atoms with E-state index < -0.39 is 0 Å². The fourth-order valence-electron chi connectivity index (χ4n) is 2.70. The van der Waals surface area contributed by atoms with Crippen LogP contribution in [0.25, 0.3) is 0 Å². The lowest BCUT2D eigenvalue weighted by Gasteiger charge is -2.22. The third-order valence-corrected chi connectivity index (χ3v) is 3.66. The van der Waals surface area contributed by atoms with E-state index in [1.54, 1.807) is 6.20 Å². The van der Waals surface area contributed by atoms with Crippen molar-refractivity contribution in [1.82, 2.24) is 9.88 Å². The zero-order valence-electron chi connectivity index (χ0n) is 11.2. The van der Waals surface area contributed by atoms with E-state index in [4.69, 9.17) is 0 Å². The minimum absolute atomic E-state index is 0.132. The van der Waals surface area contributed by atoms with Crippen LogP contribution >= 0.6 is 0 Å². The lowest BCUT2D eigenvalue weighted by Crippen LogP contribution is -2.22. The number of nitrogens with zero attached hydrogens (tertiary/aromatic N) is 2. The highest BCUT2D eigenvalue weighted by molar-refractivity contribution is 5.61. The molecule has 1 fully saturated rings. The lowest BCUT2D eigenvalue weighted by atomic mass is 10.1. The van der Waals surface area contributed by atoms with Crippen LogP contribution in [0.4, 0.5) is 11.5 Å². The minimum Gasteiger partial charge on any atom is -0.340 e. The number of hydrogen-bond acceptors (Lipinski definition) is 3. The number of nitrogens with one attached hydrogen (secondary N) is 1. The average Bonchev–Trinajstić information content (AvgIpc) is 2.97. The van der Waals surface area contributed by atoms with Crippen molar-refractivity contribution in [2.45, 2.75) is 18.9 Å². The average molecular weight is 267 g/mol. The Bertz CT molecular complexity index is 585. The second-order valence-electron chi connectivity index (χ2n) is 4.93. The van der Waals surface area contributed by atoms with E-state index in [1.807, 2.05) is 47.4 Å². The fourth-order valence-corrected chi connectivity index (χ4v) is 2.70. The summed E-state index contributed by atoms with van der Waals surface area (Å²) in [7, 11) is 0. The molecule has 20 heavy (non-hydrogen) atoms. The van der Waals surface area contributed by atoms with Crippen LogP contribution in [0.5, 0.6) is 0 Å². The largest absolute Gasteiger partial charge is 0.340 e. The Morgan fingerprint density at radius 3 is 2.85 bits per heavy atom. The third-order valence-electron chi connectivity index (χ3n) is 3.66. The van der Waals surface area contributed by atoms with E-state index in [0.717, 1.165) is 42.9 Å². The molecule has 102 valence electrons. The number of amides is 1. The zero-order chi connectivity index (χ0) is 13.8. The molecular weight excluding hydrogens is 250 g/mol. The second-order valence-corrected chi connectivity index (χ2v) is 4.93. The van der Waals surface area contributed by atoms with Gasteiger partial charge >= 0.3 is 0 Å². The quantitative estimate of drug-likeness (QED) is 0.866.